The first-order valence-electron chi connectivity index (χ1n) is 6.90. The van der Waals surface area contributed by atoms with Gasteiger partial charge in [0, 0.05) is 11.8 Å². The van der Waals surface area contributed by atoms with Gasteiger partial charge in [0.25, 0.3) is 5.56 Å². The number of H-pyrrole nitrogens is 1. The van der Waals surface area contributed by atoms with E-state index in [1.165, 1.54) is 10.8 Å². The van der Waals surface area contributed by atoms with E-state index in [2.05, 4.69) is 10.3 Å². The van der Waals surface area contributed by atoms with Crippen LogP contribution in [0, 0.1) is 6.92 Å². The van der Waals surface area contributed by atoms with E-state index >= 15 is 0 Å². The molecule has 3 N–H and O–H groups in total. The molecule has 2 saturated heterocycles. The Morgan fingerprint density at radius 2 is 2.30 bits per heavy atom. The van der Waals surface area contributed by atoms with Gasteiger partial charge in [-0.25, -0.2) is 4.79 Å². The molecule has 110 valence electrons. The third-order valence-corrected chi connectivity index (χ3v) is 4.49. The first-order chi connectivity index (χ1) is 9.48. The summed E-state index contributed by atoms with van der Waals surface area (Å²) < 4.78 is 7.39. The zero-order chi connectivity index (χ0) is 14.5. The number of aromatic nitrogens is 2. The lowest BCUT2D eigenvalue weighted by Gasteiger charge is -2.35. The van der Waals surface area contributed by atoms with E-state index in [-0.39, 0.29) is 6.04 Å². The SMILES string of the molecule is CC[C@@]12CCN[C@@H]([C@H](n3cc(C)c(=O)[nH]c3=O)O1)[C@@H]2O. The summed E-state index contributed by atoms with van der Waals surface area (Å²) in [7, 11) is 0. The Hall–Kier alpha value is -1.44. The van der Waals surface area contributed by atoms with Gasteiger partial charge in [-0.2, -0.15) is 0 Å². The molecule has 1 aromatic heterocycles. The van der Waals surface area contributed by atoms with Gasteiger partial charge in [0.15, 0.2) is 6.23 Å². The summed E-state index contributed by atoms with van der Waals surface area (Å²) in [6.07, 6.45) is 1.61. The highest BCUT2D eigenvalue weighted by molar-refractivity contribution is 5.09. The second-order valence-corrected chi connectivity index (χ2v) is 5.58. The fourth-order valence-corrected chi connectivity index (χ4v) is 3.21. The number of aromatic amines is 1. The van der Waals surface area contributed by atoms with Crippen molar-refractivity contribution in [1.82, 2.24) is 14.9 Å². The first-order valence-corrected chi connectivity index (χ1v) is 6.90. The maximum atomic E-state index is 12.0. The number of rotatable bonds is 2. The van der Waals surface area contributed by atoms with Crippen molar-refractivity contribution in [1.29, 1.82) is 0 Å². The average Bonchev–Trinajstić information content (AvgIpc) is 2.60. The summed E-state index contributed by atoms with van der Waals surface area (Å²) in [5, 5.41) is 13.6. The smallest absolute Gasteiger partial charge is 0.330 e. The molecule has 7 nitrogen and oxygen atoms in total. The number of fused-ring (bicyclic) bond motifs is 2. The second kappa shape index (κ2) is 4.54. The van der Waals surface area contributed by atoms with Gasteiger partial charge in [-0.15, -0.1) is 0 Å². The monoisotopic (exact) mass is 281 g/mol. The number of aliphatic hydroxyl groups is 1. The maximum absolute atomic E-state index is 12.0. The van der Waals surface area contributed by atoms with E-state index in [9.17, 15) is 14.7 Å². The number of nitrogens with one attached hydrogen (secondary N) is 2. The standard InChI is InChI=1S/C13H19N3O4/c1-3-13-4-5-14-8(9(13)17)11(20-13)16-6-7(2)10(18)15-12(16)19/h6,8-9,11,14,17H,3-5H2,1-2H3,(H,15,18,19)/t8-,9+,11-,13+/m1/s1. The molecular formula is C13H19N3O4. The summed E-state index contributed by atoms with van der Waals surface area (Å²) in [5.41, 5.74) is -1.08. The number of ether oxygens (including phenoxy) is 1. The number of hydrogen-bond donors (Lipinski definition) is 3. The summed E-state index contributed by atoms with van der Waals surface area (Å²) in [6, 6.07) is -0.341. The molecule has 2 aliphatic heterocycles. The van der Waals surface area contributed by atoms with Gasteiger partial charge in [0.1, 0.15) is 6.10 Å². The van der Waals surface area contributed by atoms with Gasteiger partial charge < -0.3 is 15.2 Å². The summed E-state index contributed by atoms with van der Waals surface area (Å²) in [6.45, 7) is 4.34. The van der Waals surface area contributed by atoms with Crippen molar-refractivity contribution < 1.29 is 9.84 Å². The van der Waals surface area contributed by atoms with Gasteiger partial charge in [0.05, 0.1) is 11.6 Å². The molecule has 0 spiro atoms. The molecule has 0 aliphatic carbocycles. The largest absolute Gasteiger partial charge is 0.388 e. The molecule has 2 fully saturated rings. The minimum atomic E-state index is -0.662. The first kappa shape index (κ1) is 13.5. The highest BCUT2D eigenvalue weighted by Crippen LogP contribution is 2.43. The Labute approximate surface area is 115 Å². The Morgan fingerprint density at radius 1 is 1.55 bits per heavy atom. The average molecular weight is 281 g/mol. The van der Waals surface area contributed by atoms with Crippen LogP contribution in [0.3, 0.4) is 0 Å². The van der Waals surface area contributed by atoms with Gasteiger partial charge in [-0.1, -0.05) is 6.92 Å². The number of aryl methyl sites for hydroxylation is 1. The lowest BCUT2D eigenvalue weighted by Crippen LogP contribution is -2.55. The molecule has 20 heavy (non-hydrogen) atoms. The number of nitrogens with zero attached hydrogens (tertiary/aromatic N) is 1. The van der Waals surface area contributed by atoms with Crippen LogP contribution in [-0.2, 0) is 4.74 Å². The van der Waals surface area contributed by atoms with Crippen LogP contribution in [-0.4, -0.2) is 38.9 Å². The van der Waals surface area contributed by atoms with Crippen molar-refractivity contribution in [2.24, 2.45) is 0 Å². The molecule has 7 heteroatoms. The Bertz CT molecular complexity index is 637. The normalized spacial score (nSPS) is 36.2. The number of piperidine rings is 1. The van der Waals surface area contributed by atoms with Crippen molar-refractivity contribution in [3.8, 4) is 0 Å². The molecule has 4 atom stereocenters. The van der Waals surface area contributed by atoms with E-state index in [1.54, 1.807) is 6.92 Å². The van der Waals surface area contributed by atoms with Crippen LogP contribution in [0.5, 0.6) is 0 Å². The van der Waals surface area contributed by atoms with Crippen molar-refractivity contribution in [2.45, 2.75) is 50.7 Å². The highest BCUT2D eigenvalue weighted by atomic mass is 16.6. The predicted octanol–water partition coefficient (Wildman–Crippen LogP) is -0.755. The highest BCUT2D eigenvalue weighted by Gasteiger charge is 2.56. The Kier molecular flexibility index (Phi) is 3.07. The van der Waals surface area contributed by atoms with Crippen molar-refractivity contribution in [3.05, 3.63) is 32.6 Å². The molecule has 0 radical (unpaired) electrons. The van der Waals surface area contributed by atoms with Crippen LogP contribution in [0.25, 0.3) is 0 Å². The molecule has 0 saturated carbocycles. The van der Waals surface area contributed by atoms with E-state index in [0.29, 0.717) is 18.4 Å². The quantitative estimate of drug-likeness (QED) is 0.662. The molecule has 0 aromatic carbocycles. The van der Waals surface area contributed by atoms with Crippen molar-refractivity contribution in [3.63, 3.8) is 0 Å². The molecule has 1 aromatic rings. The summed E-state index contributed by atoms with van der Waals surface area (Å²) >= 11 is 0. The molecule has 3 heterocycles. The second-order valence-electron chi connectivity index (χ2n) is 5.58. The van der Waals surface area contributed by atoms with Crippen molar-refractivity contribution in [2.75, 3.05) is 6.54 Å². The van der Waals surface area contributed by atoms with Crippen LogP contribution in [0.4, 0.5) is 0 Å². The van der Waals surface area contributed by atoms with Crippen molar-refractivity contribution >= 4 is 0 Å². The third-order valence-electron chi connectivity index (χ3n) is 4.49. The molecule has 0 amide bonds. The van der Waals surface area contributed by atoms with Gasteiger partial charge in [-0.05, 0) is 26.3 Å². The third kappa shape index (κ3) is 1.77. The summed E-state index contributed by atoms with van der Waals surface area (Å²) in [4.78, 5) is 25.7. The van der Waals surface area contributed by atoms with Gasteiger partial charge >= 0.3 is 5.69 Å². The van der Waals surface area contributed by atoms with Crippen LogP contribution >= 0.6 is 0 Å². The van der Waals surface area contributed by atoms with E-state index < -0.39 is 29.2 Å². The topological polar surface area (TPSA) is 96.4 Å². The van der Waals surface area contributed by atoms with Gasteiger partial charge in [0.2, 0.25) is 0 Å². The van der Waals surface area contributed by atoms with Crippen LogP contribution < -0.4 is 16.6 Å². The maximum Gasteiger partial charge on any atom is 0.330 e. The predicted molar refractivity (Wildman–Crippen MR) is 71.6 cm³/mol. The minimum Gasteiger partial charge on any atom is -0.388 e. The zero-order valence-corrected chi connectivity index (χ0v) is 11.5. The fourth-order valence-electron chi connectivity index (χ4n) is 3.21. The summed E-state index contributed by atoms with van der Waals surface area (Å²) in [5.74, 6) is 0. The lowest BCUT2D eigenvalue weighted by atomic mass is 9.85. The number of aliphatic hydroxyl groups excluding tert-OH is 1. The van der Waals surface area contributed by atoms with Crippen LogP contribution in [0.15, 0.2) is 15.8 Å². The Morgan fingerprint density at radius 3 is 2.95 bits per heavy atom. The van der Waals surface area contributed by atoms with E-state index in [0.717, 1.165) is 6.54 Å². The fraction of sp³-hybridized carbons (Fsp3) is 0.692. The molecular weight excluding hydrogens is 262 g/mol. The van der Waals surface area contributed by atoms with Crippen LogP contribution in [0.1, 0.15) is 31.6 Å². The zero-order valence-electron chi connectivity index (χ0n) is 11.5. The van der Waals surface area contributed by atoms with Gasteiger partial charge in [-0.3, -0.25) is 14.3 Å². The van der Waals surface area contributed by atoms with Crippen LogP contribution in [0.2, 0.25) is 0 Å². The Balaban J connectivity index is 2.06. The van der Waals surface area contributed by atoms with E-state index in [1.807, 2.05) is 6.92 Å². The minimum absolute atomic E-state index is 0.341. The molecule has 0 unspecified atom stereocenters. The van der Waals surface area contributed by atoms with E-state index in [4.69, 9.17) is 4.74 Å². The molecule has 2 aliphatic rings. The number of hydrogen-bond acceptors (Lipinski definition) is 5. The molecule has 3 rings (SSSR count). The molecule has 2 bridgehead atoms. The lowest BCUT2D eigenvalue weighted by molar-refractivity contribution is -0.108.